The van der Waals surface area contributed by atoms with Crippen LogP contribution in [0.15, 0.2) is 48.8 Å². The summed E-state index contributed by atoms with van der Waals surface area (Å²) in [6.07, 6.45) is 3.94. The highest BCUT2D eigenvalue weighted by atomic mass is 35.5. The molecule has 1 aliphatic carbocycles. The first-order chi connectivity index (χ1) is 14.5. The van der Waals surface area contributed by atoms with Gasteiger partial charge in [0.15, 0.2) is 11.6 Å². The summed E-state index contributed by atoms with van der Waals surface area (Å²) in [7, 11) is 0. The molecule has 0 saturated heterocycles. The Morgan fingerprint density at radius 3 is 2.63 bits per heavy atom. The lowest BCUT2D eigenvalue weighted by atomic mass is 9.81. The molecular weight excluding hydrogens is 405 g/mol. The molecule has 1 N–H and O–H groups in total. The minimum atomic E-state index is -0.710. The molecule has 0 unspecified atom stereocenters. The van der Waals surface area contributed by atoms with Crippen LogP contribution in [0.4, 0.5) is 10.2 Å². The summed E-state index contributed by atoms with van der Waals surface area (Å²) in [6, 6.07) is 12.6. The van der Waals surface area contributed by atoms with Crippen molar-refractivity contribution in [3.8, 4) is 17.9 Å². The van der Waals surface area contributed by atoms with Crippen LogP contribution in [0.25, 0.3) is 0 Å². The van der Waals surface area contributed by atoms with Gasteiger partial charge in [-0.25, -0.2) is 9.37 Å². The Bertz CT molecular complexity index is 1200. The second kappa shape index (κ2) is 8.36. The van der Waals surface area contributed by atoms with E-state index in [1.165, 1.54) is 23.1 Å². The van der Waals surface area contributed by atoms with E-state index in [1.54, 1.807) is 0 Å². The fraction of sp³-hybridized carbons (Fsp3) is 0.182. The smallest absolute Gasteiger partial charge is 0.276 e. The lowest BCUT2D eigenvalue weighted by Crippen LogP contribution is -2.30. The minimum Gasteiger partial charge on any atom is -0.303 e. The molecular formula is C22H15ClFN5O. The number of pyridine rings is 1. The van der Waals surface area contributed by atoms with E-state index in [0.717, 1.165) is 5.56 Å². The lowest BCUT2D eigenvalue weighted by molar-refractivity contribution is 0.100. The number of rotatable bonds is 3. The molecule has 4 rings (SSSR count). The third-order valence-electron chi connectivity index (χ3n) is 4.81. The van der Waals surface area contributed by atoms with Gasteiger partial charge < -0.3 is 5.32 Å². The van der Waals surface area contributed by atoms with Crippen molar-refractivity contribution in [2.24, 2.45) is 5.92 Å². The number of nitriles is 1. The second-order valence-electron chi connectivity index (χ2n) is 6.86. The number of benzene rings is 1. The number of carbonyl (C=O) groups excluding carboxylic acids is 1. The summed E-state index contributed by atoms with van der Waals surface area (Å²) < 4.78 is 16.0. The quantitative estimate of drug-likeness (QED) is 0.645. The van der Waals surface area contributed by atoms with Crippen LogP contribution in [-0.2, 0) is 0 Å². The van der Waals surface area contributed by atoms with Gasteiger partial charge in [-0.05, 0) is 31.0 Å². The van der Waals surface area contributed by atoms with Gasteiger partial charge in [-0.15, -0.1) is 0 Å². The van der Waals surface area contributed by atoms with Gasteiger partial charge in [0.2, 0.25) is 0 Å². The first-order valence-electron chi connectivity index (χ1n) is 9.21. The third-order valence-corrected chi connectivity index (χ3v) is 5.08. The maximum Gasteiger partial charge on any atom is 0.276 e. The van der Waals surface area contributed by atoms with E-state index >= 15 is 0 Å². The van der Waals surface area contributed by atoms with Crippen molar-refractivity contribution in [3.05, 3.63) is 76.5 Å². The highest BCUT2D eigenvalue weighted by molar-refractivity contribution is 6.34. The number of anilines is 1. The van der Waals surface area contributed by atoms with Crippen LogP contribution in [0.1, 0.15) is 40.5 Å². The molecule has 1 amide bonds. The van der Waals surface area contributed by atoms with Crippen LogP contribution in [0.2, 0.25) is 5.02 Å². The molecule has 2 aromatic heterocycles. The van der Waals surface area contributed by atoms with Gasteiger partial charge in [0.25, 0.3) is 5.91 Å². The first-order valence-corrected chi connectivity index (χ1v) is 9.59. The predicted molar refractivity (Wildman–Crippen MR) is 109 cm³/mol. The molecule has 1 aromatic carbocycles. The number of hydrogen-bond donors (Lipinski definition) is 1. The first kappa shape index (κ1) is 19.6. The summed E-state index contributed by atoms with van der Waals surface area (Å²) in [5.41, 5.74) is 1.30. The van der Waals surface area contributed by atoms with Gasteiger partial charge in [0.1, 0.15) is 5.69 Å². The SMILES string of the molecule is N#CC1CC(n2ncc(Cl)c2C(=O)Nc2ncc(C#Cc3ccccc3)cc2F)C1. The summed E-state index contributed by atoms with van der Waals surface area (Å²) in [5.74, 6) is 4.15. The Hall–Kier alpha value is -3.68. The largest absolute Gasteiger partial charge is 0.303 e. The third kappa shape index (κ3) is 4.03. The number of aromatic nitrogens is 3. The van der Waals surface area contributed by atoms with Crippen molar-refractivity contribution in [2.45, 2.75) is 18.9 Å². The number of halogens is 2. The fourth-order valence-electron chi connectivity index (χ4n) is 3.15. The van der Waals surface area contributed by atoms with E-state index < -0.39 is 11.7 Å². The lowest BCUT2D eigenvalue weighted by Gasteiger charge is -2.31. The number of amides is 1. The maximum absolute atomic E-state index is 14.5. The molecule has 148 valence electrons. The molecule has 1 fully saturated rings. The Balaban J connectivity index is 1.50. The number of carbonyl (C=O) groups is 1. The molecule has 6 nitrogen and oxygen atoms in total. The van der Waals surface area contributed by atoms with E-state index in [-0.39, 0.29) is 28.5 Å². The van der Waals surface area contributed by atoms with Crippen LogP contribution in [0, 0.1) is 34.9 Å². The Labute approximate surface area is 177 Å². The van der Waals surface area contributed by atoms with Gasteiger partial charge in [-0.2, -0.15) is 10.4 Å². The van der Waals surface area contributed by atoms with Crippen LogP contribution >= 0.6 is 11.6 Å². The summed E-state index contributed by atoms with van der Waals surface area (Å²) in [5, 5.41) is 15.7. The molecule has 1 aliphatic rings. The van der Waals surface area contributed by atoms with Crippen LogP contribution < -0.4 is 5.32 Å². The molecule has 8 heteroatoms. The topological polar surface area (TPSA) is 83.6 Å². The molecule has 1 saturated carbocycles. The number of nitrogens with zero attached hydrogens (tertiary/aromatic N) is 4. The van der Waals surface area contributed by atoms with Gasteiger partial charge >= 0.3 is 0 Å². The standard InChI is InChI=1S/C22H15ClFN5O/c23-18-13-27-29(17-8-16(9-17)11-25)20(18)22(30)28-21-19(24)10-15(12-26-21)7-6-14-4-2-1-3-5-14/h1-5,10,12-13,16-17H,8-9H2,(H,26,28,30). The van der Waals surface area contributed by atoms with Crippen molar-refractivity contribution >= 4 is 23.3 Å². The predicted octanol–water partition coefficient (Wildman–Crippen LogP) is 4.20. The van der Waals surface area contributed by atoms with Gasteiger partial charge in [-0.1, -0.05) is 41.6 Å². The Morgan fingerprint density at radius 2 is 1.93 bits per heavy atom. The summed E-state index contributed by atoms with van der Waals surface area (Å²) in [4.78, 5) is 16.7. The molecule has 3 aromatic rings. The summed E-state index contributed by atoms with van der Waals surface area (Å²) in [6.45, 7) is 0. The van der Waals surface area contributed by atoms with E-state index in [9.17, 15) is 9.18 Å². The highest BCUT2D eigenvalue weighted by Crippen LogP contribution is 2.38. The molecule has 0 bridgehead atoms. The van der Waals surface area contributed by atoms with Crippen molar-refractivity contribution in [3.63, 3.8) is 0 Å². The van der Waals surface area contributed by atoms with Crippen LogP contribution in [-0.4, -0.2) is 20.7 Å². The molecule has 30 heavy (non-hydrogen) atoms. The molecule has 0 aliphatic heterocycles. The van der Waals surface area contributed by atoms with Crippen molar-refractivity contribution in [1.82, 2.24) is 14.8 Å². The summed E-state index contributed by atoms with van der Waals surface area (Å²) >= 11 is 6.12. The Morgan fingerprint density at radius 1 is 1.20 bits per heavy atom. The Kier molecular flexibility index (Phi) is 5.47. The van der Waals surface area contributed by atoms with Crippen molar-refractivity contribution < 1.29 is 9.18 Å². The molecule has 0 spiro atoms. The van der Waals surface area contributed by atoms with Crippen molar-refractivity contribution in [1.29, 1.82) is 5.26 Å². The molecule has 0 atom stereocenters. The van der Waals surface area contributed by atoms with Gasteiger partial charge in [0.05, 0.1) is 29.2 Å². The average Bonchev–Trinajstić information content (AvgIpc) is 3.09. The number of hydrogen-bond acceptors (Lipinski definition) is 4. The monoisotopic (exact) mass is 419 g/mol. The fourth-order valence-corrected chi connectivity index (χ4v) is 3.37. The van der Waals surface area contributed by atoms with Crippen molar-refractivity contribution in [2.75, 3.05) is 5.32 Å². The van der Waals surface area contributed by atoms with E-state index in [2.05, 4.69) is 33.3 Å². The zero-order chi connectivity index (χ0) is 21.1. The average molecular weight is 420 g/mol. The molecule has 2 heterocycles. The van der Waals surface area contributed by atoms with E-state index in [0.29, 0.717) is 18.4 Å². The minimum absolute atomic E-state index is 0.0578. The van der Waals surface area contributed by atoms with Crippen LogP contribution in [0.5, 0.6) is 0 Å². The normalized spacial score (nSPS) is 17.2. The second-order valence-corrected chi connectivity index (χ2v) is 7.27. The van der Waals surface area contributed by atoms with E-state index in [4.69, 9.17) is 16.9 Å². The number of nitrogens with one attached hydrogen (secondary N) is 1. The van der Waals surface area contributed by atoms with Crippen LogP contribution in [0.3, 0.4) is 0 Å². The maximum atomic E-state index is 14.5. The van der Waals surface area contributed by atoms with Gasteiger partial charge in [0, 0.05) is 17.3 Å². The highest BCUT2D eigenvalue weighted by Gasteiger charge is 2.34. The van der Waals surface area contributed by atoms with Gasteiger partial charge in [-0.3, -0.25) is 9.48 Å². The zero-order valence-corrected chi connectivity index (χ0v) is 16.4. The zero-order valence-electron chi connectivity index (χ0n) is 15.6. The van der Waals surface area contributed by atoms with E-state index in [1.807, 2.05) is 30.3 Å². The molecule has 0 radical (unpaired) electrons.